The van der Waals surface area contributed by atoms with Gasteiger partial charge >= 0.3 is 0 Å². The molecule has 1 aromatic heterocycles. The standard InChI is InChI=1S/C10H12Br2N2O2S/c1-5(2)14(4-8(13)15)10(16)7-3-6(11)9(12)17-7/h3,5H,4H2,1-2H3,(H2,13,15). The maximum Gasteiger partial charge on any atom is 0.264 e. The van der Waals surface area contributed by atoms with Gasteiger partial charge in [0.1, 0.15) is 0 Å². The summed E-state index contributed by atoms with van der Waals surface area (Å²) in [6.45, 7) is 3.63. The van der Waals surface area contributed by atoms with Crippen LogP contribution < -0.4 is 5.73 Å². The third-order valence-electron chi connectivity index (χ3n) is 2.07. The molecule has 0 atom stereocenters. The minimum absolute atomic E-state index is 0.0658. The van der Waals surface area contributed by atoms with E-state index in [0.717, 1.165) is 8.26 Å². The van der Waals surface area contributed by atoms with Gasteiger partial charge in [-0.3, -0.25) is 9.59 Å². The number of hydrogen-bond acceptors (Lipinski definition) is 3. The number of halogens is 2. The summed E-state index contributed by atoms with van der Waals surface area (Å²) in [5.74, 6) is -0.697. The topological polar surface area (TPSA) is 63.4 Å². The second-order valence-electron chi connectivity index (χ2n) is 3.73. The van der Waals surface area contributed by atoms with Gasteiger partial charge in [0.05, 0.1) is 15.2 Å². The van der Waals surface area contributed by atoms with E-state index in [2.05, 4.69) is 31.9 Å². The lowest BCUT2D eigenvalue weighted by atomic mass is 10.3. The van der Waals surface area contributed by atoms with Crippen LogP contribution in [0.2, 0.25) is 0 Å². The molecule has 17 heavy (non-hydrogen) atoms. The van der Waals surface area contributed by atoms with E-state index < -0.39 is 5.91 Å². The SMILES string of the molecule is CC(C)N(CC(N)=O)C(=O)c1cc(Br)c(Br)s1. The van der Waals surface area contributed by atoms with Gasteiger partial charge in [-0.15, -0.1) is 11.3 Å². The molecule has 0 saturated heterocycles. The van der Waals surface area contributed by atoms with Crippen LogP contribution in [0, 0.1) is 0 Å². The van der Waals surface area contributed by atoms with Gasteiger partial charge in [-0.1, -0.05) is 0 Å². The van der Waals surface area contributed by atoms with Crippen molar-refractivity contribution in [2.24, 2.45) is 5.73 Å². The molecular formula is C10H12Br2N2O2S. The molecule has 0 saturated carbocycles. The van der Waals surface area contributed by atoms with E-state index in [1.807, 2.05) is 13.8 Å². The van der Waals surface area contributed by atoms with E-state index in [4.69, 9.17) is 5.73 Å². The van der Waals surface area contributed by atoms with Gasteiger partial charge in [-0.05, 0) is 51.8 Å². The lowest BCUT2D eigenvalue weighted by molar-refractivity contribution is -0.119. The highest BCUT2D eigenvalue weighted by Gasteiger charge is 2.22. The van der Waals surface area contributed by atoms with Crippen molar-refractivity contribution < 1.29 is 9.59 Å². The molecule has 2 N–H and O–H groups in total. The molecule has 7 heteroatoms. The number of primary amides is 1. The first-order chi connectivity index (χ1) is 7.82. The fraction of sp³-hybridized carbons (Fsp3) is 0.400. The van der Waals surface area contributed by atoms with Crippen molar-refractivity contribution in [1.29, 1.82) is 0 Å². The Balaban J connectivity index is 2.95. The lowest BCUT2D eigenvalue weighted by Crippen LogP contribution is -2.42. The number of thiophene rings is 1. The van der Waals surface area contributed by atoms with Crippen molar-refractivity contribution in [2.75, 3.05) is 6.54 Å². The number of carbonyl (C=O) groups is 2. The normalized spacial score (nSPS) is 10.6. The van der Waals surface area contributed by atoms with Crippen LogP contribution in [0.25, 0.3) is 0 Å². The summed E-state index contributed by atoms with van der Waals surface area (Å²) in [6, 6.07) is 1.66. The van der Waals surface area contributed by atoms with Crippen molar-refractivity contribution in [3.05, 3.63) is 19.2 Å². The first-order valence-electron chi connectivity index (χ1n) is 4.87. The Hall–Kier alpha value is -0.400. The summed E-state index contributed by atoms with van der Waals surface area (Å²) in [6.07, 6.45) is 0. The summed E-state index contributed by atoms with van der Waals surface area (Å²) < 4.78 is 1.68. The van der Waals surface area contributed by atoms with E-state index in [0.29, 0.717) is 4.88 Å². The molecule has 2 amide bonds. The maximum absolute atomic E-state index is 12.2. The fourth-order valence-corrected chi connectivity index (χ4v) is 3.24. The molecule has 0 aliphatic carbocycles. The minimum atomic E-state index is -0.512. The monoisotopic (exact) mass is 382 g/mol. The first kappa shape index (κ1) is 14.7. The van der Waals surface area contributed by atoms with Gasteiger partial charge in [0.25, 0.3) is 5.91 Å². The van der Waals surface area contributed by atoms with Gasteiger partial charge in [0, 0.05) is 10.5 Å². The quantitative estimate of drug-likeness (QED) is 0.868. The summed E-state index contributed by atoms with van der Waals surface area (Å²) in [4.78, 5) is 25.1. The van der Waals surface area contributed by atoms with E-state index >= 15 is 0 Å². The molecule has 1 heterocycles. The molecule has 0 bridgehead atoms. The zero-order chi connectivity index (χ0) is 13.2. The summed E-state index contributed by atoms with van der Waals surface area (Å²) in [5, 5.41) is 0. The molecule has 0 radical (unpaired) electrons. The number of amides is 2. The molecule has 1 aromatic rings. The highest BCUT2D eigenvalue weighted by atomic mass is 79.9. The molecular weight excluding hydrogens is 372 g/mol. The molecule has 0 spiro atoms. The lowest BCUT2D eigenvalue weighted by Gasteiger charge is -2.24. The second-order valence-corrected chi connectivity index (χ2v) is 6.95. The molecule has 0 aromatic carbocycles. The van der Waals surface area contributed by atoms with Crippen molar-refractivity contribution in [1.82, 2.24) is 4.90 Å². The van der Waals surface area contributed by atoms with E-state index in [-0.39, 0.29) is 18.5 Å². The van der Waals surface area contributed by atoms with Crippen LogP contribution in [0.1, 0.15) is 23.5 Å². The van der Waals surface area contributed by atoms with Gasteiger partial charge in [-0.25, -0.2) is 0 Å². The largest absolute Gasteiger partial charge is 0.368 e. The molecule has 0 aliphatic heterocycles. The second kappa shape index (κ2) is 5.97. The number of carbonyl (C=O) groups excluding carboxylic acids is 2. The Kier molecular flexibility index (Phi) is 5.15. The predicted octanol–water partition coefficient (Wildman–Crippen LogP) is 2.61. The molecule has 4 nitrogen and oxygen atoms in total. The van der Waals surface area contributed by atoms with Crippen LogP contribution >= 0.6 is 43.2 Å². The van der Waals surface area contributed by atoms with Crippen LogP contribution in [0.5, 0.6) is 0 Å². The Labute approximate surface area is 120 Å². The van der Waals surface area contributed by atoms with Gasteiger partial charge < -0.3 is 10.6 Å². The Bertz CT molecular complexity index is 426. The van der Waals surface area contributed by atoms with Crippen LogP contribution in [-0.2, 0) is 4.79 Å². The van der Waals surface area contributed by atoms with Crippen LogP contribution in [0.4, 0.5) is 0 Å². The van der Waals surface area contributed by atoms with Crippen LogP contribution in [0.15, 0.2) is 14.3 Å². The van der Waals surface area contributed by atoms with Crippen LogP contribution in [-0.4, -0.2) is 29.3 Å². The third kappa shape index (κ3) is 3.79. The predicted molar refractivity (Wildman–Crippen MR) is 75.1 cm³/mol. The number of rotatable bonds is 4. The van der Waals surface area contributed by atoms with Crippen molar-refractivity contribution >= 4 is 55.0 Å². The van der Waals surface area contributed by atoms with Crippen molar-refractivity contribution in [2.45, 2.75) is 19.9 Å². The smallest absolute Gasteiger partial charge is 0.264 e. The van der Waals surface area contributed by atoms with Crippen LogP contribution in [0.3, 0.4) is 0 Å². The average molecular weight is 384 g/mol. The Morgan fingerprint density at radius 1 is 1.47 bits per heavy atom. The van der Waals surface area contributed by atoms with Gasteiger partial charge in [-0.2, -0.15) is 0 Å². The third-order valence-corrected chi connectivity index (χ3v) is 5.31. The van der Waals surface area contributed by atoms with E-state index in [9.17, 15) is 9.59 Å². The summed E-state index contributed by atoms with van der Waals surface area (Å²) in [5.41, 5.74) is 5.13. The number of hydrogen-bond donors (Lipinski definition) is 1. The van der Waals surface area contributed by atoms with E-state index in [1.165, 1.54) is 16.2 Å². The van der Waals surface area contributed by atoms with E-state index in [1.54, 1.807) is 6.07 Å². The summed E-state index contributed by atoms with van der Waals surface area (Å²) >= 11 is 7.97. The number of nitrogens with two attached hydrogens (primary N) is 1. The average Bonchev–Trinajstić information content (AvgIpc) is 2.54. The molecule has 0 aliphatic rings. The maximum atomic E-state index is 12.2. The zero-order valence-corrected chi connectivity index (χ0v) is 13.4. The van der Waals surface area contributed by atoms with Gasteiger partial charge in [0.15, 0.2) is 0 Å². The fourth-order valence-electron chi connectivity index (χ4n) is 1.25. The Morgan fingerprint density at radius 3 is 2.41 bits per heavy atom. The Morgan fingerprint density at radius 2 is 2.06 bits per heavy atom. The highest BCUT2D eigenvalue weighted by molar-refractivity contribution is 9.13. The van der Waals surface area contributed by atoms with Crippen molar-refractivity contribution in [3.63, 3.8) is 0 Å². The molecule has 1 rings (SSSR count). The molecule has 94 valence electrons. The molecule has 0 fully saturated rings. The summed E-state index contributed by atoms with van der Waals surface area (Å²) in [7, 11) is 0. The number of nitrogens with zero attached hydrogens (tertiary/aromatic N) is 1. The first-order valence-corrected chi connectivity index (χ1v) is 7.27. The zero-order valence-electron chi connectivity index (χ0n) is 9.37. The molecule has 0 unspecified atom stereocenters. The minimum Gasteiger partial charge on any atom is -0.368 e. The van der Waals surface area contributed by atoms with Crippen molar-refractivity contribution in [3.8, 4) is 0 Å². The van der Waals surface area contributed by atoms with Gasteiger partial charge in [0.2, 0.25) is 5.91 Å². The highest BCUT2D eigenvalue weighted by Crippen LogP contribution is 2.33.